The maximum atomic E-state index is 11.6. The lowest BCUT2D eigenvalue weighted by molar-refractivity contribution is 0.121. The standard InChI is InChI=1S/C19H22N2O4/c1-23-17-9-5-6-10-18(17)25-16-8-4-3-7-15(16)20-11-13-21(14-12-20)19(22)24-2/h3-10H,11-14H2,1-2H3. The van der Waals surface area contributed by atoms with Crippen LogP contribution in [0, 0.1) is 0 Å². The predicted molar refractivity (Wildman–Crippen MR) is 95.7 cm³/mol. The number of carbonyl (C=O) groups is 1. The molecule has 0 bridgehead atoms. The first-order chi connectivity index (χ1) is 12.2. The first-order valence-corrected chi connectivity index (χ1v) is 8.20. The van der Waals surface area contributed by atoms with Gasteiger partial charge in [0.05, 0.1) is 19.9 Å². The lowest BCUT2D eigenvalue weighted by Crippen LogP contribution is -2.48. The van der Waals surface area contributed by atoms with E-state index in [2.05, 4.69) is 4.90 Å². The first-order valence-electron chi connectivity index (χ1n) is 8.20. The number of benzene rings is 2. The van der Waals surface area contributed by atoms with Crippen LogP contribution in [0.3, 0.4) is 0 Å². The Morgan fingerprint density at radius 1 is 0.840 bits per heavy atom. The van der Waals surface area contributed by atoms with Gasteiger partial charge in [0, 0.05) is 26.2 Å². The Kier molecular flexibility index (Phi) is 5.28. The first kappa shape index (κ1) is 17.0. The second-order valence-electron chi connectivity index (χ2n) is 5.66. The van der Waals surface area contributed by atoms with Gasteiger partial charge >= 0.3 is 6.09 Å². The van der Waals surface area contributed by atoms with E-state index in [1.165, 1.54) is 7.11 Å². The fraction of sp³-hybridized carbons (Fsp3) is 0.316. The zero-order valence-corrected chi connectivity index (χ0v) is 14.5. The highest BCUT2D eigenvalue weighted by atomic mass is 16.5. The SMILES string of the molecule is COC(=O)N1CCN(c2ccccc2Oc2ccccc2OC)CC1. The van der Waals surface area contributed by atoms with Crippen LogP contribution in [-0.2, 0) is 4.74 Å². The molecule has 1 aliphatic heterocycles. The van der Waals surface area contributed by atoms with Crippen molar-refractivity contribution in [3.05, 3.63) is 48.5 Å². The Bertz CT molecular complexity index is 727. The van der Waals surface area contributed by atoms with E-state index >= 15 is 0 Å². The monoisotopic (exact) mass is 342 g/mol. The molecule has 1 amide bonds. The molecule has 1 fully saturated rings. The molecular formula is C19H22N2O4. The fourth-order valence-corrected chi connectivity index (χ4v) is 2.89. The van der Waals surface area contributed by atoms with Gasteiger partial charge in [0.1, 0.15) is 0 Å². The molecule has 3 rings (SSSR count). The molecule has 6 heteroatoms. The largest absolute Gasteiger partial charge is 0.493 e. The minimum absolute atomic E-state index is 0.279. The summed E-state index contributed by atoms with van der Waals surface area (Å²) in [6.45, 7) is 2.69. The quantitative estimate of drug-likeness (QED) is 0.853. The summed E-state index contributed by atoms with van der Waals surface area (Å²) in [5.74, 6) is 2.12. The number of hydrogen-bond donors (Lipinski definition) is 0. The molecule has 2 aromatic rings. The number of methoxy groups -OCH3 is 2. The molecule has 1 aliphatic rings. The molecule has 6 nitrogen and oxygen atoms in total. The smallest absolute Gasteiger partial charge is 0.409 e. The number of para-hydroxylation sites is 4. The van der Waals surface area contributed by atoms with Crippen molar-refractivity contribution in [2.24, 2.45) is 0 Å². The topological polar surface area (TPSA) is 51.2 Å². The van der Waals surface area contributed by atoms with E-state index < -0.39 is 0 Å². The number of carbonyl (C=O) groups excluding carboxylic acids is 1. The number of nitrogens with zero attached hydrogens (tertiary/aromatic N) is 2. The van der Waals surface area contributed by atoms with Crippen LogP contribution in [0.25, 0.3) is 0 Å². The highest BCUT2D eigenvalue weighted by Crippen LogP contribution is 2.36. The number of amides is 1. The van der Waals surface area contributed by atoms with Crippen LogP contribution in [0.4, 0.5) is 10.5 Å². The van der Waals surface area contributed by atoms with E-state index in [-0.39, 0.29) is 6.09 Å². The maximum absolute atomic E-state index is 11.6. The van der Waals surface area contributed by atoms with Crippen molar-refractivity contribution < 1.29 is 19.0 Å². The maximum Gasteiger partial charge on any atom is 0.409 e. The molecule has 0 radical (unpaired) electrons. The highest BCUT2D eigenvalue weighted by molar-refractivity contribution is 5.68. The van der Waals surface area contributed by atoms with E-state index in [4.69, 9.17) is 14.2 Å². The minimum atomic E-state index is -0.279. The molecule has 0 N–H and O–H groups in total. The van der Waals surface area contributed by atoms with E-state index in [0.29, 0.717) is 24.6 Å². The number of anilines is 1. The molecular weight excluding hydrogens is 320 g/mol. The highest BCUT2D eigenvalue weighted by Gasteiger charge is 2.23. The lowest BCUT2D eigenvalue weighted by atomic mass is 10.2. The van der Waals surface area contributed by atoms with Crippen molar-refractivity contribution >= 4 is 11.8 Å². The summed E-state index contributed by atoms with van der Waals surface area (Å²) in [6, 6.07) is 15.5. The lowest BCUT2D eigenvalue weighted by Gasteiger charge is -2.35. The third kappa shape index (κ3) is 3.79. The minimum Gasteiger partial charge on any atom is -0.493 e. The molecule has 0 aliphatic carbocycles. The normalized spacial score (nSPS) is 14.2. The number of ether oxygens (including phenoxy) is 3. The second-order valence-corrected chi connectivity index (χ2v) is 5.66. The zero-order chi connectivity index (χ0) is 17.6. The Morgan fingerprint density at radius 2 is 1.44 bits per heavy atom. The number of piperazine rings is 1. The second kappa shape index (κ2) is 7.79. The van der Waals surface area contributed by atoms with Crippen LogP contribution in [0.15, 0.2) is 48.5 Å². The van der Waals surface area contributed by atoms with Crippen molar-refractivity contribution in [2.75, 3.05) is 45.3 Å². The van der Waals surface area contributed by atoms with Gasteiger partial charge in [-0.2, -0.15) is 0 Å². The Balaban J connectivity index is 1.77. The van der Waals surface area contributed by atoms with Gasteiger partial charge in [0.15, 0.2) is 17.2 Å². The number of hydrogen-bond acceptors (Lipinski definition) is 5. The van der Waals surface area contributed by atoms with Crippen molar-refractivity contribution in [1.82, 2.24) is 4.90 Å². The van der Waals surface area contributed by atoms with E-state index in [0.717, 1.165) is 24.5 Å². The van der Waals surface area contributed by atoms with Crippen molar-refractivity contribution in [2.45, 2.75) is 0 Å². The Morgan fingerprint density at radius 3 is 2.08 bits per heavy atom. The molecule has 0 aromatic heterocycles. The predicted octanol–water partition coefficient (Wildman–Crippen LogP) is 3.38. The average molecular weight is 342 g/mol. The van der Waals surface area contributed by atoms with E-state index in [1.807, 2.05) is 48.5 Å². The average Bonchev–Trinajstić information content (AvgIpc) is 2.68. The Labute approximate surface area is 147 Å². The summed E-state index contributed by atoms with van der Waals surface area (Å²) in [5.41, 5.74) is 0.998. The fourth-order valence-electron chi connectivity index (χ4n) is 2.89. The van der Waals surface area contributed by atoms with Crippen LogP contribution in [-0.4, -0.2) is 51.4 Å². The van der Waals surface area contributed by atoms with Gasteiger partial charge in [-0.1, -0.05) is 24.3 Å². The molecule has 1 heterocycles. The van der Waals surface area contributed by atoms with Gasteiger partial charge in [0.25, 0.3) is 0 Å². The van der Waals surface area contributed by atoms with Crippen LogP contribution in [0.5, 0.6) is 17.2 Å². The molecule has 0 spiro atoms. The van der Waals surface area contributed by atoms with Gasteiger partial charge in [-0.25, -0.2) is 4.79 Å². The van der Waals surface area contributed by atoms with Crippen molar-refractivity contribution in [3.8, 4) is 17.2 Å². The molecule has 132 valence electrons. The summed E-state index contributed by atoms with van der Waals surface area (Å²) in [6.07, 6.45) is -0.279. The van der Waals surface area contributed by atoms with Crippen LogP contribution >= 0.6 is 0 Å². The van der Waals surface area contributed by atoms with Gasteiger partial charge in [-0.05, 0) is 24.3 Å². The molecule has 1 saturated heterocycles. The van der Waals surface area contributed by atoms with Gasteiger partial charge in [-0.15, -0.1) is 0 Å². The van der Waals surface area contributed by atoms with Gasteiger partial charge < -0.3 is 24.0 Å². The number of rotatable bonds is 4. The van der Waals surface area contributed by atoms with Crippen molar-refractivity contribution in [3.63, 3.8) is 0 Å². The third-order valence-corrected chi connectivity index (χ3v) is 4.21. The summed E-state index contributed by atoms with van der Waals surface area (Å²) < 4.78 is 16.3. The Hall–Kier alpha value is -2.89. The molecule has 25 heavy (non-hydrogen) atoms. The van der Waals surface area contributed by atoms with Crippen molar-refractivity contribution in [1.29, 1.82) is 0 Å². The van der Waals surface area contributed by atoms with E-state index in [9.17, 15) is 4.79 Å². The van der Waals surface area contributed by atoms with E-state index in [1.54, 1.807) is 12.0 Å². The van der Waals surface area contributed by atoms with Crippen LogP contribution in [0.2, 0.25) is 0 Å². The third-order valence-electron chi connectivity index (χ3n) is 4.21. The molecule has 2 aromatic carbocycles. The summed E-state index contributed by atoms with van der Waals surface area (Å²) in [7, 11) is 3.03. The summed E-state index contributed by atoms with van der Waals surface area (Å²) in [4.78, 5) is 15.6. The molecule has 0 atom stereocenters. The summed E-state index contributed by atoms with van der Waals surface area (Å²) in [5, 5.41) is 0. The molecule has 0 unspecified atom stereocenters. The summed E-state index contributed by atoms with van der Waals surface area (Å²) >= 11 is 0. The van der Waals surface area contributed by atoms with Crippen LogP contribution in [0.1, 0.15) is 0 Å². The van der Waals surface area contributed by atoms with Crippen LogP contribution < -0.4 is 14.4 Å². The zero-order valence-electron chi connectivity index (χ0n) is 14.5. The van der Waals surface area contributed by atoms with Gasteiger partial charge in [-0.3, -0.25) is 0 Å². The molecule has 0 saturated carbocycles. The van der Waals surface area contributed by atoms with Gasteiger partial charge in [0.2, 0.25) is 0 Å².